The molecule has 0 N–H and O–H groups in total. The van der Waals surface area contributed by atoms with Crippen LogP contribution in [0.4, 0.5) is 0 Å². The van der Waals surface area contributed by atoms with Gasteiger partial charge in [-0.05, 0) is 17.2 Å². The van der Waals surface area contributed by atoms with Crippen LogP contribution < -0.4 is 0 Å². The average molecular weight is 238 g/mol. The average Bonchev–Trinajstić information content (AvgIpc) is 2.24. The van der Waals surface area contributed by atoms with E-state index in [0.717, 1.165) is 12.0 Å². The van der Waals surface area contributed by atoms with E-state index in [9.17, 15) is 0 Å². The van der Waals surface area contributed by atoms with Gasteiger partial charge in [-0.25, -0.2) is 4.98 Å². The summed E-state index contributed by atoms with van der Waals surface area (Å²) in [6, 6.07) is 13.8. The largest absolute Gasteiger partial charge is 0.224 e. The lowest BCUT2D eigenvalue weighted by Crippen LogP contribution is -1.91. The molecular weight excluding hydrogens is 229 g/mol. The Labute approximate surface area is 98.7 Å². The third-order valence-corrected chi connectivity index (χ3v) is 2.67. The zero-order valence-corrected chi connectivity index (χ0v) is 9.46. The Morgan fingerprint density at radius 3 is 2.33 bits per heavy atom. The van der Waals surface area contributed by atoms with Crippen molar-refractivity contribution in [2.75, 3.05) is 0 Å². The molecule has 0 fully saturated rings. The lowest BCUT2D eigenvalue weighted by atomic mass is 10.1. The van der Waals surface area contributed by atoms with Crippen LogP contribution in [0.2, 0.25) is 10.3 Å². The van der Waals surface area contributed by atoms with Gasteiger partial charge < -0.3 is 0 Å². The second-order valence-corrected chi connectivity index (χ2v) is 3.99. The molecule has 0 aliphatic carbocycles. The number of nitrogens with zero attached hydrogens (tertiary/aromatic N) is 1. The second-order valence-electron chi connectivity index (χ2n) is 3.25. The third-order valence-electron chi connectivity index (χ3n) is 2.13. The summed E-state index contributed by atoms with van der Waals surface area (Å²) < 4.78 is 0. The van der Waals surface area contributed by atoms with Crippen LogP contribution in [0.3, 0.4) is 0 Å². The van der Waals surface area contributed by atoms with Crippen LogP contribution in [-0.4, -0.2) is 4.98 Å². The fraction of sp³-hybridized carbons (Fsp3) is 0.0833. The van der Waals surface area contributed by atoms with E-state index in [4.69, 9.17) is 23.2 Å². The highest BCUT2D eigenvalue weighted by Gasteiger charge is 2.03. The SMILES string of the molecule is Clc1ccc(Cc2ccccc2)c(Cl)n1. The van der Waals surface area contributed by atoms with Crippen molar-refractivity contribution in [1.82, 2.24) is 4.98 Å². The molecule has 2 aromatic rings. The number of hydrogen-bond donors (Lipinski definition) is 0. The molecule has 0 aliphatic heterocycles. The summed E-state index contributed by atoms with van der Waals surface area (Å²) in [5.74, 6) is 0. The molecule has 0 bridgehead atoms. The van der Waals surface area contributed by atoms with E-state index >= 15 is 0 Å². The first kappa shape index (κ1) is 10.5. The van der Waals surface area contributed by atoms with Crippen LogP contribution in [0, 0.1) is 0 Å². The van der Waals surface area contributed by atoms with Gasteiger partial charge in [-0.3, -0.25) is 0 Å². The normalized spacial score (nSPS) is 10.3. The molecule has 1 aromatic heterocycles. The van der Waals surface area contributed by atoms with E-state index in [0.29, 0.717) is 10.3 Å². The van der Waals surface area contributed by atoms with Crippen molar-refractivity contribution < 1.29 is 0 Å². The van der Waals surface area contributed by atoms with Crippen LogP contribution in [0.25, 0.3) is 0 Å². The minimum Gasteiger partial charge on any atom is -0.224 e. The minimum absolute atomic E-state index is 0.428. The number of halogens is 2. The van der Waals surface area contributed by atoms with Crippen LogP contribution in [0.5, 0.6) is 0 Å². The van der Waals surface area contributed by atoms with E-state index in [1.165, 1.54) is 5.56 Å². The monoisotopic (exact) mass is 237 g/mol. The van der Waals surface area contributed by atoms with Gasteiger partial charge in [0.05, 0.1) is 0 Å². The highest BCUT2D eigenvalue weighted by Crippen LogP contribution is 2.19. The number of aromatic nitrogens is 1. The summed E-state index contributed by atoms with van der Waals surface area (Å²) in [6.45, 7) is 0. The van der Waals surface area contributed by atoms with Gasteiger partial charge in [0.15, 0.2) is 0 Å². The van der Waals surface area contributed by atoms with Gasteiger partial charge in [-0.2, -0.15) is 0 Å². The zero-order chi connectivity index (χ0) is 10.7. The first-order valence-corrected chi connectivity index (χ1v) is 5.36. The third kappa shape index (κ3) is 2.71. The van der Waals surface area contributed by atoms with Crippen LogP contribution in [0.15, 0.2) is 42.5 Å². The molecule has 0 atom stereocenters. The summed E-state index contributed by atoms with van der Waals surface area (Å²) in [5.41, 5.74) is 2.20. The van der Waals surface area contributed by atoms with Crippen molar-refractivity contribution in [2.24, 2.45) is 0 Å². The number of rotatable bonds is 2. The molecule has 1 aromatic carbocycles. The van der Waals surface area contributed by atoms with Crippen molar-refractivity contribution in [3.05, 3.63) is 63.9 Å². The topological polar surface area (TPSA) is 12.9 Å². The molecule has 76 valence electrons. The van der Waals surface area contributed by atoms with Crippen molar-refractivity contribution in [1.29, 1.82) is 0 Å². The first-order chi connectivity index (χ1) is 7.25. The summed E-state index contributed by atoms with van der Waals surface area (Å²) >= 11 is 11.7. The number of hydrogen-bond acceptors (Lipinski definition) is 1. The Bertz CT molecular complexity index is 454. The molecule has 0 radical (unpaired) electrons. The van der Waals surface area contributed by atoms with E-state index in [-0.39, 0.29) is 0 Å². The van der Waals surface area contributed by atoms with Gasteiger partial charge >= 0.3 is 0 Å². The summed E-state index contributed by atoms with van der Waals surface area (Å²) in [4.78, 5) is 4.00. The van der Waals surface area contributed by atoms with Crippen molar-refractivity contribution in [2.45, 2.75) is 6.42 Å². The molecule has 0 amide bonds. The van der Waals surface area contributed by atoms with Gasteiger partial charge in [0.2, 0.25) is 0 Å². The Balaban J connectivity index is 2.25. The van der Waals surface area contributed by atoms with Crippen molar-refractivity contribution in [3.63, 3.8) is 0 Å². The molecule has 0 spiro atoms. The quantitative estimate of drug-likeness (QED) is 0.721. The van der Waals surface area contributed by atoms with Gasteiger partial charge in [-0.1, -0.05) is 59.6 Å². The molecule has 1 heterocycles. The van der Waals surface area contributed by atoms with E-state index < -0.39 is 0 Å². The molecule has 0 saturated heterocycles. The summed E-state index contributed by atoms with van der Waals surface area (Å²) in [5, 5.41) is 0.906. The summed E-state index contributed by atoms with van der Waals surface area (Å²) in [6.07, 6.45) is 0.782. The molecule has 3 heteroatoms. The molecule has 15 heavy (non-hydrogen) atoms. The van der Waals surface area contributed by atoms with Crippen molar-refractivity contribution >= 4 is 23.2 Å². The van der Waals surface area contributed by atoms with Gasteiger partial charge in [-0.15, -0.1) is 0 Å². The van der Waals surface area contributed by atoms with E-state index in [2.05, 4.69) is 17.1 Å². The van der Waals surface area contributed by atoms with Crippen molar-refractivity contribution in [3.8, 4) is 0 Å². The fourth-order valence-electron chi connectivity index (χ4n) is 1.39. The van der Waals surface area contributed by atoms with Gasteiger partial charge in [0.1, 0.15) is 10.3 Å². The Morgan fingerprint density at radius 2 is 1.67 bits per heavy atom. The molecule has 0 unspecified atom stereocenters. The van der Waals surface area contributed by atoms with E-state index in [1.54, 1.807) is 6.07 Å². The minimum atomic E-state index is 0.428. The predicted octanol–water partition coefficient (Wildman–Crippen LogP) is 3.98. The Morgan fingerprint density at radius 1 is 0.933 bits per heavy atom. The Hall–Kier alpha value is -1.05. The van der Waals surface area contributed by atoms with Crippen LogP contribution in [-0.2, 0) is 6.42 Å². The number of benzene rings is 1. The van der Waals surface area contributed by atoms with E-state index in [1.807, 2.05) is 24.3 Å². The maximum atomic E-state index is 5.98. The zero-order valence-electron chi connectivity index (χ0n) is 7.95. The predicted molar refractivity (Wildman–Crippen MR) is 63.5 cm³/mol. The van der Waals surface area contributed by atoms with Crippen LogP contribution >= 0.6 is 23.2 Å². The van der Waals surface area contributed by atoms with Gasteiger partial charge in [0.25, 0.3) is 0 Å². The lowest BCUT2D eigenvalue weighted by molar-refractivity contribution is 1.15. The maximum Gasteiger partial charge on any atom is 0.134 e. The molecule has 0 aliphatic rings. The number of pyridine rings is 1. The van der Waals surface area contributed by atoms with Crippen LogP contribution in [0.1, 0.15) is 11.1 Å². The van der Waals surface area contributed by atoms with Gasteiger partial charge in [0, 0.05) is 6.42 Å². The standard InChI is InChI=1S/C12H9Cl2N/c13-11-7-6-10(12(14)15-11)8-9-4-2-1-3-5-9/h1-7H,8H2. The molecule has 1 nitrogen and oxygen atoms in total. The first-order valence-electron chi connectivity index (χ1n) is 4.60. The smallest absolute Gasteiger partial charge is 0.134 e. The highest BCUT2D eigenvalue weighted by molar-refractivity contribution is 6.32. The lowest BCUT2D eigenvalue weighted by Gasteiger charge is -2.03. The Kier molecular flexibility index (Phi) is 3.24. The maximum absolute atomic E-state index is 5.98. The molecule has 0 saturated carbocycles. The highest BCUT2D eigenvalue weighted by atomic mass is 35.5. The molecular formula is C12H9Cl2N. The molecule has 2 rings (SSSR count). The fourth-order valence-corrected chi connectivity index (χ4v) is 1.80. The summed E-state index contributed by atoms with van der Waals surface area (Å²) in [7, 11) is 0. The second kappa shape index (κ2) is 4.65.